The van der Waals surface area contributed by atoms with Gasteiger partial charge in [-0.3, -0.25) is 23.6 Å². The van der Waals surface area contributed by atoms with E-state index in [1.807, 2.05) is 20.0 Å². The van der Waals surface area contributed by atoms with E-state index in [0.29, 0.717) is 24.1 Å². The molecule has 146 valence electrons. The van der Waals surface area contributed by atoms with Gasteiger partial charge in [-0.25, -0.2) is 4.98 Å². The molecule has 9 nitrogen and oxygen atoms in total. The van der Waals surface area contributed by atoms with E-state index in [2.05, 4.69) is 10.1 Å². The van der Waals surface area contributed by atoms with Crippen LogP contribution in [0.4, 0.5) is 0 Å². The number of amides is 2. The SMILES string of the molecule is CCN(CC)C(=O)Cn1c(=O)c(C(N)=O)cc2cc(-c3cnn(C)c3)cnc21. The lowest BCUT2D eigenvalue weighted by Crippen LogP contribution is -2.38. The number of rotatable bonds is 6. The molecule has 0 aromatic carbocycles. The highest BCUT2D eigenvalue weighted by molar-refractivity contribution is 5.96. The molecule has 0 spiro atoms. The molecule has 3 rings (SSSR count). The van der Waals surface area contributed by atoms with Gasteiger partial charge in [-0.2, -0.15) is 5.10 Å². The second-order valence-electron chi connectivity index (χ2n) is 6.42. The molecule has 0 fully saturated rings. The molecule has 0 unspecified atom stereocenters. The number of fused-ring (bicyclic) bond motifs is 1. The van der Waals surface area contributed by atoms with Gasteiger partial charge in [0.05, 0.1) is 6.20 Å². The quantitative estimate of drug-likeness (QED) is 0.676. The Bertz CT molecular complexity index is 1110. The highest BCUT2D eigenvalue weighted by Crippen LogP contribution is 2.22. The number of carbonyl (C=O) groups excluding carboxylic acids is 2. The summed E-state index contributed by atoms with van der Waals surface area (Å²) in [6.45, 7) is 4.56. The van der Waals surface area contributed by atoms with Crippen molar-refractivity contribution in [1.82, 2.24) is 24.2 Å². The molecular formula is C19H22N6O3. The van der Waals surface area contributed by atoms with Gasteiger partial charge in [0.2, 0.25) is 5.91 Å². The first-order valence-electron chi connectivity index (χ1n) is 8.95. The molecule has 28 heavy (non-hydrogen) atoms. The van der Waals surface area contributed by atoms with E-state index in [-0.39, 0.29) is 18.0 Å². The van der Waals surface area contributed by atoms with E-state index in [1.54, 1.807) is 35.1 Å². The van der Waals surface area contributed by atoms with Crippen LogP contribution in [0, 0.1) is 0 Å². The summed E-state index contributed by atoms with van der Waals surface area (Å²) < 4.78 is 2.88. The van der Waals surface area contributed by atoms with Crippen LogP contribution in [0.2, 0.25) is 0 Å². The lowest BCUT2D eigenvalue weighted by Gasteiger charge is -2.20. The highest BCUT2D eigenvalue weighted by Gasteiger charge is 2.19. The van der Waals surface area contributed by atoms with Crippen molar-refractivity contribution in [2.45, 2.75) is 20.4 Å². The predicted octanol–water partition coefficient (Wildman–Crippen LogP) is 0.764. The van der Waals surface area contributed by atoms with Crippen LogP contribution in [0.5, 0.6) is 0 Å². The predicted molar refractivity (Wildman–Crippen MR) is 105 cm³/mol. The number of aryl methyl sites for hydroxylation is 1. The van der Waals surface area contributed by atoms with Crippen molar-refractivity contribution in [3.8, 4) is 11.1 Å². The summed E-state index contributed by atoms with van der Waals surface area (Å²) >= 11 is 0. The maximum Gasteiger partial charge on any atom is 0.265 e. The third-order valence-corrected chi connectivity index (χ3v) is 4.64. The Labute approximate surface area is 161 Å². The molecule has 0 saturated carbocycles. The van der Waals surface area contributed by atoms with Crippen molar-refractivity contribution in [2.24, 2.45) is 12.8 Å². The lowest BCUT2D eigenvalue weighted by molar-refractivity contribution is -0.131. The molecule has 2 amide bonds. The molecule has 0 atom stereocenters. The summed E-state index contributed by atoms with van der Waals surface area (Å²) in [4.78, 5) is 43.1. The van der Waals surface area contributed by atoms with Crippen molar-refractivity contribution in [2.75, 3.05) is 13.1 Å². The first-order chi connectivity index (χ1) is 13.3. The van der Waals surface area contributed by atoms with Crippen LogP contribution >= 0.6 is 0 Å². The molecule has 0 aliphatic rings. The maximum absolute atomic E-state index is 12.8. The van der Waals surface area contributed by atoms with Crippen LogP contribution in [-0.2, 0) is 18.4 Å². The fourth-order valence-electron chi connectivity index (χ4n) is 3.13. The van der Waals surface area contributed by atoms with Crippen LogP contribution in [0.3, 0.4) is 0 Å². The smallest absolute Gasteiger partial charge is 0.265 e. The average molecular weight is 382 g/mol. The minimum Gasteiger partial charge on any atom is -0.365 e. The number of hydrogen-bond donors (Lipinski definition) is 1. The number of carbonyl (C=O) groups is 2. The first-order valence-corrected chi connectivity index (χ1v) is 8.95. The van der Waals surface area contributed by atoms with Crippen molar-refractivity contribution in [3.63, 3.8) is 0 Å². The topological polar surface area (TPSA) is 116 Å². The van der Waals surface area contributed by atoms with Gasteiger partial charge in [-0.05, 0) is 26.0 Å². The average Bonchev–Trinajstić information content (AvgIpc) is 3.10. The summed E-state index contributed by atoms with van der Waals surface area (Å²) in [6.07, 6.45) is 5.14. The van der Waals surface area contributed by atoms with Gasteiger partial charge in [0, 0.05) is 49.0 Å². The number of likely N-dealkylation sites (N-methyl/N-ethyl adjacent to an activating group) is 1. The maximum atomic E-state index is 12.8. The van der Waals surface area contributed by atoms with Crippen molar-refractivity contribution in [3.05, 3.63) is 46.6 Å². The second-order valence-corrected chi connectivity index (χ2v) is 6.42. The first kappa shape index (κ1) is 19.3. The van der Waals surface area contributed by atoms with Gasteiger partial charge in [-0.1, -0.05) is 0 Å². The van der Waals surface area contributed by atoms with Crippen molar-refractivity contribution < 1.29 is 9.59 Å². The van der Waals surface area contributed by atoms with E-state index < -0.39 is 11.5 Å². The summed E-state index contributed by atoms with van der Waals surface area (Å²) in [5.41, 5.74) is 6.53. The number of aromatic nitrogens is 4. The Balaban J connectivity index is 2.18. The van der Waals surface area contributed by atoms with Gasteiger partial charge in [0.15, 0.2) is 0 Å². The minimum atomic E-state index is -0.845. The van der Waals surface area contributed by atoms with Crippen LogP contribution in [-0.4, -0.2) is 49.1 Å². The Morgan fingerprint density at radius 1 is 1.14 bits per heavy atom. The van der Waals surface area contributed by atoms with E-state index in [1.165, 1.54) is 10.6 Å². The Morgan fingerprint density at radius 2 is 1.86 bits per heavy atom. The van der Waals surface area contributed by atoms with Gasteiger partial charge in [0.25, 0.3) is 11.5 Å². The molecular weight excluding hydrogens is 360 g/mol. The van der Waals surface area contributed by atoms with Crippen LogP contribution in [0.15, 0.2) is 35.5 Å². The minimum absolute atomic E-state index is 0.176. The molecule has 0 bridgehead atoms. The fourth-order valence-corrected chi connectivity index (χ4v) is 3.13. The molecule has 0 aliphatic heterocycles. The van der Waals surface area contributed by atoms with Gasteiger partial charge >= 0.3 is 0 Å². The number of nitrogens with zero attached hydrogens (tertiary/aromatic N) is 5. The van der Waals surface area contributed by atoms with Crippen molar-refractivity contribution >= 4 is 22.8 Å². The largest absolute Gasteiger partial charge is 0.365 e. The lowest BCUT2D eigenvalue weighted by atomic mass is 10.1. The second kappa shape index (κ2) is 7.63. The number of nitrogens with two attached hydrogens (primary N) is 1. The van der Waals surface area contributed by atoms with E-state index in [4.69, 9.17) is 5.73 Å². The van der Waals surface area contributed by atoms with E-state index >= 15 is 0 Å². The standard InChI is InChI=1S/C19H22N6O3/c1-4-24(5-2)16(26)11-25-18-12(7-15(17(20)27)19(25)28)6-13(8-21-18)14-9-22-23(3)10-14/h6-10H,4-5,11H2,1-3H3,(H2,20,27). The summed E-state index contributed by atoms with van der Waals surface area (Å²) in [6, 6.07) is 3.22. The normalized spacial score (nSPS) is 11.0. The highest BCUT2D eigenvalue weighted by atomic mass is 16.2. The van der Waals surface area contributed by atoms with E-state index in [0.717, 1.165) is 11.1 Å². The van der Waals surface area contributed by atoms with Crippen LogP contribution in [0.25, 0.3) is 22.2 Å². The zero-order chi connectivity index (χ0) is 20.4. The third kappa shape index (κ3) is 3.51. The van der Waals surface area contributed by atoms with Crippen LogP contribution < -0.4 is 11.3 Å². The Hall–Kier alpha value is -3.49. The van der Waals surface area contributed by atoms with Gasteiger partial charge in [-0.15, -0.1) is 0 Å². The van der Waals surface area contributed by atoms with Crippen LogP contribution in [0.1, 0.15) is 24.2 Å². The molecule has 0 saturated heterocycles. The molecule has 0 aliphatic carbocycles. The molecule has 3 aromatic rings. The van der Waals surface area contributed by atoms with Gasteiger partial charge < -0.3 is 10.6 Å². The van der Waals surface area contributed by atoms with Gasteiger partial charge in [0.1, 0.15) is 17.8 Å². The zero-order valence-electron chi connectivity index (χ0n) is 16.0. The molecule has 9 heteroatoms. The monoisotopic (exact) mass is 382 g/mol. The number of pyridine rings is 2. The Kier molecular flexibility index (Phi) is 5.25. The third-order valence-electron chi connectivity index (χ3n) is 4.64. The zero-order valence-corrected chi connectivity index (χ0v) is 16.0. The molecule has 3 aromatic heterocycles. The van der Waals surface area contributed by atoms with Crippen molar-refractivity contribution in [1.29, 1.82) is 0 Å². The number of primary amides is 1. The summed E-state index contributed by atoms with van der Waals surface area (Å²) in [5, 5.41) is 4.68. The summed E-state index contributed by atoms with van der Waals surface area (Å²) in [7, 11) is 1.81. The number of hydrogen-bond acceptors (Lipinski definition) is 5. The van der Waals surface area contributed by atoms with E-state index in [9.17, 15) is 14.4 Å². The Morgan fingerprint density at radius 3 is 2.43 bits per heavy atom. The molecule has 3 heterocycles. The summed E-state index contributed by atoms with van der Waals surface area (Å²) in [5.74, 6) is -1.07. The molecule has 2 N–H and O–H groups in total. The molecule has 0 radical (unpaired) electrons. The fraction of sp³-hybridized carbons (Fsp3) is 0.316.